The average molecular weight is 264 g/mol. The number of nitrogens with one attached hydrogen (secondary N) is 1. The number of benzene rings is 1. The third kappa shape index (κ3) is 3.86. The molecule has 0 aromatic heterocycles. The number of nitrogen functional groups attached to an aromatic ring is 1. The lowest BCUT2D eigenvalue weighted by Crippen LogP contribution is -2.46. The number of nitrogens with two attached hydrogens (primary N) is 1. The zero-order chi connectivity index (χ0) is 13.7. The van der Waals surface area contributed by atoms with E-state index in [9.17, 15) is 9.90 Å². The highest BCUT2D eigenvalue weighted by molar-refractivity contribution is 5.78. The second-order valence-corrected chi connectivity index (χ2v) is 4.85. The summed E-state index contributed by atoms with van der Waals surface area (Å²) in [5.74, 6) is 0.274. The van der Waals surface area contributed by atoms with Crippen LogP contribution in [0.3, 0.4) is 0 Å². The smallest absolute Gasteiger partial charge is 0.258 e. The van der Waals surface area contributed by atoms with Crippen LogP contribution in [0.1, 0.15) is 25.7 Å². The molecule has 0 heterocycles. The van der Waals surface area contributed by atoms with Crippen molar-refractivity contribution < 1.29 is 14.6 Å². The van der Waals surface area contributed by atoms with Gasteiger partial charge in [0.1, 0.15) is 5.75 Å². The molecule has 1 saturated carbocycles. The predicted octanol–water partition coefficient (Wildman–Crippen LogP) is 1.07. The molecule has 1 aromatic carbocycles. The summed E-state index contributed by atoms with van der Waals surface area (Å²) in [4.78, 5) is 11.8. The van der Waals surface area contributed by atoms with E-state index in [1.807, 2.05) is 0 Å². The van der Waals surface area contributed by atoms with Crippen molar-refractivity contribution in [3.63, 3.8) is 0 Å². The Labute approximate surface area is 112 Å². The Morgan fingerprint density at radius 2 is 2.11 bits per heavy atom. The van der Waals surface area contributed by atoms with E-state index in [-0.39, 0.29) is 18.6 Å². The molecule has 2 atom stereocenters. The minimum Gasteiger partial charge on any atom is -0.482 e. The van der Waals surface area contributed by atoms with Gasteiger partial charge in [0.05, 0.1) is 17.8 Å². The lowest BCUT2D eigenvalue weighted by Gasteiger charge is -2.28. The maximum absolute atomic E-state index is 11.8. The van der Waals surface area contributed by atoms with E-state index in [0.717, 1.165) is 25.7 Å². The van der Waals surface area contributed by atoms with E-state index in [1.165, 1.54) is 0 Å². The van der Waals surface area contributed by atoms with Crippen molar-refractivity contribution in [2.75, 3.05) is 12.3 Å². The van der Waals surface area contributed by atoms with Gasteiger partial charge >= 0.3 is 0 Å². The molecule has 1 aromatic rings. The Morgan fingerprint density at radius 3 is 2.84 bits per heavy atom. The number of hydrogen-bond donors (Lipinski definition) is 3. The molecule has 5 nitrogen and oxygen atoms in total. The molecule has 0 bridgehead atoms. The summed E-state index contributed by atoms with van der Waals surface area (Å²) in [6.07, 6.45) is 3.18. The third-order valence-electron chi connectivity index (χ3n) is 3.35. The fourth-order valence-electron chi connectivity index (χ4n) is 2.28. The number of ether oxygens (including phenoxy) is 1. The van der Waals surface area contributed by atoms with E-state index in [4.69, 9.17) is 10.5 Å². The van der Waals surface area contributed by atoms with Crippen molar-refractivity contribution in [1.29, 1.82) is 0 Å². The van der Waals surface area contributed by atoms with E-state index in [0.29, 0.717) is 11.4 Å². The summed E-state index contributed by atoms with van der Waals surface area (Å²) in [6.45, 7) is -0.0859. The first-order valence-electron chi connectivity index (χ1n) is 6.61. The molecule has 0 saturated heterocycles. The van der Waals surface area contributed by atoms with Crippen molar-refractivity contribution in [1.82, 2.24) is 5.32 Å². The molecular formula is C14H20N2O3. The van der Waals surface area contributed by atoms with Crippen molar-refractivity contribution in [3.05, 3.63) is 24.3 Å². The Kier molecular flexibility index (Phi) is 4.63. The number of anilines is 1. The first-order chi connectivity index (χ1) is 9.16. The van der Waals surface area contributed by atoms with E-state index < -0.39 is 6.10 Å². The van der Waals surface area contributed by atoms with Crippen LogP contribution in [-0.4, -0.2) is 29.8 Å². The van der Waals surface area contributed by atoms with Crippen LogP contribution in [0.2, 0.25) is 0 Å². The van der Waals surface area contributed by atoms with Gasteiger partial charge < -0.3 is 20.9 Å². The maximum Gasteiger partial charge on any atom is 0.258 e. The van der Waals surface area contributed by atoms with Gasteiger partial charge in [-0.15, -0.1) is 0 Å². The van der Waals surface area contributed by atoms with Gasteiger partial charge in [-0.1, -0.05) is 25.0 Å². The molecule has 19 heavy (non-hydrogen) atoms. The number of amides is 1. The van der Waals surface area contributed by atoms with Gasteiger partial charge in [-0.3, -0.25) is 4.79 Å². The standard InChI is InChI=1S/C14H20N2O3/c15-10-5-1-4-8-13(10)19-9-14(18)16-11-6-2-3-7-12(11)17/h1,4-5,8,11-12,17H,2-3,6-7,9,15H2,(H,16,18)/t11-,12-/m1/s1. The second kappa shape index (κ2) is 6.43. The lowest BCUT2D eigenvalue weighted by atomic mass is 9.92. The van der Waals surface area contributed by atoms with Gasteiger partial charge in [0, 0.05) is 0 Å². The molecule has 1 fully saturated rings. The van der Waals surface area contributed by atoms with Crippen LogP contribution >= 0.6 is 0 Å². The molecule has 1 aliphatic carbocycles. The summed E-state index contributed by atoms with van der Waals surface area (Å²) in [7, 11) is 0. The normalized spacial score (nSPS) is 22.8. The molecule has 0 radical (unpaired) electrons. The van der Waals surface area contributed by atoms with Gasteiger partial charge in [-0.2, -0.15) is 0 Å². The van der Waals surface area contributed by atoms with E-state index in [2.05, 4.69) is 5.32 Å². The average Bonchev–Trinajstić information content (AvgIpc) is 2.40. The van der Waals surface area contributed by atoms with Crippen molar-refractivity contribution >= 4 is 11.6 Å². The summed E-state index contributed by atoms with van der Waals surface area (Å²) < 4.78 is 5.36. The van der Waals surface area contributed by atoms with Gasteiger partial charge in [0.25, 0.3) is 5.91 Å². The number of carbonyl (C=O) groups is 1. The van der Waals surface area contributed by atoms with Crippen molar-refractivity contribution in [2.24, 2.45) is 0 Å². The Bertz CT molecular complexity index is 436. The van der Waals surface area contributed by atoms with Crippen LogP contribution in [0.4, 0.5) is 5.69 Å². The third-order valence-corrected chi connectivity index (χ3v) is 3.35. The maximum atomic E-state index is 11.8. The highest BCUT2D eigenvalue weighted by Gasteiger charge is 2.24. The highest BCUT2D eigenvalue weighted by atomic mass is 16.5. The van der Waals surface area contributed by atoms with Gasteiger partial charge in [-0.25, -0.2) is 0 Å². The summed E-state index contributed by atoms with van der Waals surface area (Å²) in [6, 6.07) is 6.89. The molecule has 104 valence electrons. The predicted molar refractivity (Wildman–Crippen MR) is 72.8 cm³/mol. The minimum atomic E-state index is -0.445. The molecule has 1 aliphatic rings. The SMILES string of the molecule is Nc1ccccc1OCC(=O)N[C@@H]1CCCC[C@H]1O. The molecule has 4 N–H and O–H groups in total. The second-order valence-electron chi connectivity index (χ2n) is 4.85. The van der Waals surface area contributed by atoms with Crippen LogP contribution in [0.5, 0.6) is 5.75 Å². The summed E-state index contributed by atoms with van der Waals surface area (Å²) >= 11 is 0. The lowest BCUT2D eigenvalue weighted by molar-refractivity contribution is -0.125. The quantitative estimate of drug-likeness (QED) is 0.710. The number of hydrogen-bond acceptors (Lipinski definition) is 4. The number of rotatable bonds is 4. The Morgan fingerprint density at radius 1 is 1.37 bits per heavy atom. The van der Waals surface area contributed by atoms with Crippen LogP contribution < -0.4 is 15.8 Å². The van der Waals surface area contributed by atoms with Gasteiger partial charge in [0.2, 0.25) is 0 Å². The van der Waals surface area contributed by atoms with Crippen LogP contribution in [0.15, 0.2) is 24.3 Å². The first-order valence-corrected chi connectivity index (χ1v) is 6.61. The van der Waals surface area contributed by atoms with Crippen molar-refractivity contribution in [3.8, 4) is 5.75 Å². The van der Waals surface area contributed by atoms with Gasteiger partial charge in [0.15, 0.2) is 6.61 Å². The monoisotopic (exact) mass is 264 g/mol. The highest BCUT2D eigenvalue weighted by Crippen LogP contribution is 2.20. The Hall–Kier alpha value is -1.75. The van der Waals surface area contributed by atoms with Gasteiger partial charge in [-0.05, 0) is 25.0 Å². The first kappa shape index (κ1) is 13.7. The van der Waals surface area contributed by atoms with Crippen LogP contribution in [0.25, 0.3) is 0 Å². The van der Waals surface area contributed by atoms with Crippen LogP contribution in [-0.2, 0) is 4.79 Å². The molecule has 0 spiro atoms. The molecule has 1 amide bonds. The molecule has 0 aliphatic heterocycles. The topological polar surface area (TPSA) is 84.6 Å². The summed E-state index contributed by atoms with van der Waals surface area (Å²) in [5.41, 5.74) is 6.22. The fraction of sp³-hybridized carbons (Fsp3) is 0.500. The van der Waals surface area contributed by atoms with Crippen molar-refractivity contribution in [2.45, 2.75) is 37.8 Å². The number of para-hydroxylation sites is 2. The molecule has 5 heteroatoms. The number of aliphatic hydroxyl groups is 1. The zero-order valence-electron chi connectivity index (χ0n) is 10.8. The van der Waals surface area contributed by atoms with E-state index >= 15 is 0 Å². The number of aliphatic hydroxyl groups excluding tert-OH is 1. The Balaban J connectivity index is 1.80. The molecule has 0 unspecified atom stereocenters. The zero-order valence-corrected chi connectivity index (χ0v) is 10.8. The molecule has 2 rings (SSSR count). The molecular weight excluding hydrogens is 244 g/mol. The minimum absolute atomic E-state index is 0.0859. The fourth-order valence-corrected chi connectivity index (χ4v) is 2.28. The largest absolute Gasteiger partial charge is 0.482 e. The van der Waals surface area contributed by atoms with Crippen LogP contribution in [0, 0.1) is 0 Å². The number of carbonyl (C=O) groups excluding carboxylic acids is 1. The summed E-state index contributed by atoms with van der Waals surface area (Å²) in [5, 5.41) is 12.6. The van der Waals surface area contributed by atoms with E-state index in [1.54, 1.807) is 24.3 Å².